The summed E-state index contributed by atoms with van der Waals surface area (Å²) in [5, 5.41) is 5.54. The summed E-state index contributed by atoms with van der Waals surface area (Å²) in [5.74, 6) is -1.14. The van der Waals surface area contributed by atoms with Gasteiger partial charge in [-0.15, -0.1) is 0 Å². The minimum absolute atomic E-state index is 0.464. The van der Waals surface area contributed by atoms with Crippen molar-refractivity contribution in [2.75, 3.05) is 11.6 Å². The van der Waals surface area contributed by atoms with E-state index >= 15 is 0 Å². The van der Waals surface area contributed by atoms with Gasteiger partial charge in [0.05, 0.1) is 5.69 Å². The van der Waals surface area contributed by atoms with E-state index in [9.17, 15) is 8.78 Å². The van der Waals surface area contributed by atoms with E-state index in [4.69, 9.17) is 0 Å². The molecule has 1 heterocycles. The van der Waals surface area contributed by atoms with Gasteiger partial charge in [-0.3, -0.25) is 5.01 Å². The fraction of sp³-hybridized carbons (Fsp3) is 0.222. The third kappa shape index (κ3) is 1.66. The molecule has 0 fully saturated rings. The molecule has 1 aromatic carbocycles. The number of benzene rings is 1. The molecule has 0 atom stereocenters. The minimum atomic E-state index is -0.572. The summed E-state index contributed by atoms with van der Waals surface area (Å²) < 4.78 is 25.5. The molecule has 68 valence electrons. The smallest absolute Gasteiger partial charge is 0.128 e. The number of halogens is 2. The maximum Gasteiger partial charge on any atom is 0.128 e. The van der Waals surface area contributed by atoms with E-state index in [0.29, 0.717) is 12.2 Å². The zero-order valence-corrected chi connectivity index (χ0v) is 6.87. The Balaban J connectivity index is 2.34. The Labute approximate surface area is 74.5 Å². The molecule has 0 spiro atoms. The molecule has 2 nitrogen and oxygen atoms in total. The van der Waals surface area contributed by atoms with Gasteiger partial charge in [0.15, 0.2) is 0 Å². The van der Waals surface area contributed by atoms with Crippen LogP contribution in [0.25, 0.3) is 0 Å². The second kappa shape index (κ2) is 3.12. The van der Waals surface area contributed by atoms with E-state index in [2.05, 4.69) is 5.10 Å². The SMILES string of the molecule is Fc1cc(F)cc(N2CCC=N2)c1. The van der Waals surface area contributed by atoms with Gasteiger partial charge < -0.3 is 0 Å². The fourth-order valence-electron chi connectivity index (χ4n) is 1.28. The summed E-state index contributed by atoms with van der Waals surface area (Å²) >= 11 is 0. The van der Waals surface area contributed by atoms with Gasteiger partial charge in [0.1, 0.15) is 11.6 Å². The molecule has 0 bridgehead atoms. The van der Waals surface area contributed by atoms with Crippen molar-refractivity contribution < 1.29 is 8.78 Å². The summed E-state index contributed by atoms with van der Waals surface area (Å²) in [6.07, 6.45) is 2.54. The molecule has 0 unspecified atom stereocenters. The van der Waals surface area contributed by atoms with Gasteiger partial charge in [0, 0.05) is 25.2 Å². The number of rotatable bonds is 1. The zero-order valence-electron chi connectivity index (χ0n) is 6.87. The molecule has 4 heteroatoms. The average Bonchev–Trinajstić information content (AvgIpc) is 2.53. The van der Waals surface area contributed by atoms with Crippen LogP contribution in [0.2, 0.25) is 0 Å². The number of hydrogen-bond donors (Lipinski definition) is 0. The lowest BCUT2D eigenvalue weighted by atomic mass is 10.3. The molecule has 1 aliphatic rings. The van der Waals surface area contributed by atoms with E-state index in [0.717, 1.165) is 12.5 Å². The lowest BCUT2D eigenvalue weighted by Gasteiger charge is -2.13. The van der Waals surface area contributed by atoms with Gasteiger partial charge >= 0.3 is 0 Å². The first kappa shape index (κ1) is 8.16. The van der Waals surface area contributed by atoms with E-state index < -0.39 is 11.6 Å². The van der Waals surface area contributed by atoms with Crippen molar-refractivity contribution in [3.8, 4) is 0 Å². The van der Waals surface area contributed by atoms with Gasteiger partial charge in [-0.25, -0.2) is 8.78 Å². The van der Waals surface area contributed by atoms with Crippen molar-refractivity contribution in [2.45, 2.75) is 6.42 Å². The van der Waals surface area contributed by atoms with Crippen molar-refractivity contribution in [2.24, 2.45) is 5.10 Å². The van der Waals surface area contributed by atoms with E-state index in [-0.39, 0.29) is 0 Å². The highest BCUT2D eigenvalue weighted by Crippen LogP contribution is 2.19. The van der Waals surface area contributed by atoms with Crippen LogP contribution in [0.3, 0.4) is 0 Å². The lowest BCUT2D eigenvalue weighted by molar-refractivity contribution is 0.582. The van der Waals surface area contributed by atoms with Crippen molar-refractivity contribution in [1.82, 2.24) is 0 Å². The predicted molar refractivity (Wildman–Crippen MR) is 46.8 cm³/mol. The second-order valence-corrected chi connectivity index (χ2v) is 2.84. The van der Waals surface area contributed by atoms with E-state index in [1.54, 1.807) is 11.2 Å². The Hall–Kier alpha value is -1.45. The molecule has 0 aromatic heterocycles. The molecule has 1 aromatic rings. The number of nitrogens with zero attached hydrogens (tertiary/aromatic N) is 2. The van der Waals surface area contributed by atoms with Gasteiger partial charge in [0.2, 0.25) is 0 Å². The first-order valence-electron chi connectivity index (χ1n) is 4.02. The standard InChI is InChI=1S/C9H8F2N2/c10-7-4-8(11)6-9(5-7)13-3-1-2-12-13/h2,4-6H,1,3H2. The summed E-state index contributed by atoms with van der Waals surface area (Å²) in [6, 6.07) is 3.39. The Morgan fingerprint density at radius 3 is 2.38 bits per heavy atom. The monoisotopic (exact) mass is 182 g/mol. The van der Waals surface area contributed by atoms with Crippen LogP contribution in [0.15, 0.2) is 23.3 Å². The van der Waals surface area contributed by atoms with Crippen LogP contribution in [0, 0.1) is 11.6 Å². The molecule has 0 radical (unpaired) electrons. The van der Waals surface area contributed by atoms with Gasteiger partial charge in [-0.05, 0) is 12.1 Å². The number of hydrazone groups is 1. The molecule has 0 N–H and O–H groups in total. The highest BCUT2D eigenvalue weighted by molar-refractivity contribution is 5.65. The zero-order chi connectivity index (χ0) is 9.26. The van der Waals surface area contributed by atoms with Crippen LogP contribution < -0.4 is 5.01 Å². The fourth-order valence-corrected chi connectivity index (χ4v) is 1.28. The van der Waals surface area contributed by atoms with Crippen LogP contribution in [0.1, 0.15) is 6.42 Å². The normalized spacial score (nSPS) is 15.4. The number of anilines is 1. The minimum Gasteiger partial charge on any atom is -0.265 e. The molecule has 0 amide bonds. The highest BCUT2D eigenvalue weighted by Gasteiger charge is 2.10. The van der Waals surface area contributed by atoms with Gasteiger partial charge in [0.25, 0.3) is 0 Å². The van der Waals surface area contributed by atoms with E-state index in [1.807, 2.05) is 0 Å². The molecule has 2 rings (SSSR count). The highest BCUT2D eigenvalue weighted by atomic mass is 19.1. The summed E-state index contributed by atoms with van der Waals surface area (Å²) in [6.45, 7) is 0.683. The van der Waals surface area contributed by atoms with Crippen LogP contribution in [-0.4, -0.2) is 12.8 Å². The van der Waals surface area contributed by atoms with Crippen LogP contribution in [0.4, 0.5) is 14.5 Å². The topological polar surface area (TPSA) is 15.6 Å². The first-order chi connectivity index (χ1) is 6.25. The molecule has 1 aliphatic heterocycles. The predicted octanol–water partition coefficient (Wildman–Crippen LogP) is 2.16. The summed E-state index contributed by atoms with van der Waals surface area (Å²) in [4.78, 5) is 0. The van der Waals surface area contributed by atoms with Crippen molar-refractivity contribution in [3.63, 3.8) is 0 Å². The third-order valence-corrected chi connectivity index (χ3v) is 1.84. The van der Waals surface area contributed by atoms with E-state index in [1.165, 1.54) is 12.1 Å². The van der Waals surface area contributed by atoms with Crippen LogP contribution >= 0.6 is 0 Å². The Morgan fingerprint density at radius 2 is 1.85 bits per heavy atom. The molecule has 0 aliphatic carbocycles. The molecule has 0 saturated carbocycles. The van der Waals surface area contributed by atoms with Crippen molar-refractivity contribution in [3.05, 3.63) is 29.8 Å². The lowest BCUT2D eigenvalue weighted by Crippen LogP contribution is -2.12. The maximum atomic E-state index is 12.8. The summed E-state index contributed by atoms with van der Waals surface area (Å²) in [5.41, 5.74) is 0.464. The van der Waals surface area contributed by atoms with Crippen LogP contribution in [0.5, 0.6) is 0 Å². The third-order valence-electron chi connectivity index (χ3n) is 1.84. The average molecular weight is 182 g/mol. The number of hydrogen-bond acceptors (Lipinski definition) is 2. The van der Waals surface area contributed by atoms with Gasteiger partial charge in [-0.1, -0.05) is 0 Å². The molecular formula is C9H8F2N2. The molecule has 13 heavy (non-hydrogen) atoms. The Bertz CT molecular complexity index is 329. The Kier molecular flexibility index (Phi) is 1.96. The second-order valence-electron chi connectivity index (χ2n) is 2.84. The van der Waals surface area contributed by atoms with Crippen molar-refractivity contribution in [1.29, 1.82) is 0 Å². The molecule has 0 saturated heterocycles. The van der Waals surface area contributed by atoms with Crippen molar-refractivity contribution >= 4 is 11.9 Å². The molecular weight excluding hydrogens is 174 g/mol. The van der Waals surface area contributed by atoms with Crippen LogP contribution in [-0.2, 0) is 0 Å². The largest absolute Gasteiger partial charge is 0.265 e. The Morgan fingerprint density at radius 1 is 1.15 bits per heavy atom. The summed E-state index contributed by atoms with van der Waals surface area (Å²) in [7, 11) is 0. The van der Waals surface area contributed by atoms with Gasteiger partial charge in [-0.2, -0.15) is 5.10 Å². The quantitative estimate of drug-likeness (QED) is 0.649. The first-order valence-corrected chi connectivity index (χ1v) is 4.02. The maximum absolute atomic E-state index is 12.8.